The second-order valence-corrected chi connectivity index (χ2v) is 5.91. The van der Waals surface area contributed by atoms with E-state index in [0.29, 0.717) is 0 Å². The summed E-state index contributed by atoms with van der Waals surface area (Å²) >= 11 is 0. The molecule has 0 aromatic carbocycles. The van der Waals surface area contributed by atoms with Crippen LogP contribution >= 0.6 is 0 Å². The molecule has 0 radical (unpaired) electrons. The van der Waals surface area contributed by atoms with E-state index in [2.05, 4.69) is 34.6 Å². The molecule has 0 bridgehead atoms. The van der Waals surface area contributed by atoms with Crippen molar-refractivity contribution in [2.75, 3.05) is 0 Å². The SMILES string of the molecule is CCCCC(C)C(C)C1CC(CC)C1C. The molecular formula is C15H30. The Morgan fingerprint density at radius 2 is 1.87 bits per heavy atom. The van der Waals surface area contributed by atoms with E-state index in [9.17, 15) is 0 Å². The number of rotatable bonds is 6. The molecule has 1 aliphatic rings. The third-order valence-electron chi connectivity index (χ3n) is 5.10. The van der Waals surface area contributed by atoms with Crippen LogP contribution in [0.5, 0.6) is 0 Å². The van der Waals surface area contributed by atoms with Gasteiger partial charge in [-0.15, -0.1) is 0 Å². The van der Waals surface area contributed by atoms with Crippen molar-refractivity contribution in [3.05, 3.63) is 0 Å². The second-order valence-electron chi connectivity index (χ2n) is 5.91. The van der Waals surface area contributed by atoms with Crippen LogP contribution in [0.15, 0.2) is 0 Å². The normalized spacial score (nSPS) is 34.6. The van der Waals surface area contributed by atoms with Gasteiger partial charge in [0.2, 0.25) is 0 Å². The predicted octanol–water partition coefficient (Wildman–Crippen LogP) is 5.13. The lowest BCUT2D eigenvalue weighted by molar-refractivity contribution is 0.0181. The summed E-state index contributed by atoms with van der Waals surface area (Å²) in [5.41, 5.74) is 0. The fourth-order valence-electron chi connectivity index (χ4n) is 3.38. The molecular weight excluding hydrogens is 180 g/mol. The topological polar surface area (TPSA) is 0 Å². The molecule has 90 valence electrons. The molecule has 5 atom stereocenters. The second kappa shape index (κ2) is 5.92. The van der Waals surface area contributed by atoms with Gasteiger partial charge in [0.05, 0.1) is 0 Å². The van der Waals surface area contributed by atoms with Gasteiger partial charge in [-0.05, 0) is 36.0 Å². The highest BCUT2D eigenvalue weighted by Gasteiger charge is 2.40. The Bertz CT molecular complexity index is 173. The number of unbranched alkanes of at least 4 members (excludes halogenated alkanes) is 1. The van der Waals surface area contributed by atoms with Crippen LogP contribution in [0.1, 0.15) is 66.7 Å². The van der Waals surface area contributed by atoms with Gasteiger partial charge >= 0.3 is 0 Å². The molecule has 0 amide bonds. The van der Waals surface area contributed by atoms with Crippen molar-refractivity contribution in [3.8, 4) is 0 Å². The molecule has 0 N–H and O–H groups in total. The maximum absolute atomic E-state index is 2.49. The van der Waals surface area contributed by atoms with Gasteiger partial charge in [0, 0.05) is 0 Å². The zero-order valence-corrected chi connectivity index (χ0v) is 11.4. The molecule has 0 nitrogen and oxygen atoms in total. The van der Waals surface area contributed by atoms with E-state index in [-0.39, 0.29) is 0 Å². The molecule has 15 heavy (non-hydrogen) atoms. The van der Waals surface area contributed by atoms with Gasteiger partial charge < -0.3 is 0 Å². The van der Waals surface area contributed by atoms with Gasteiger partial charge in [-0.2, -0.15) is 0 Å². The van der Waals surface area contributed by atoms with Crippen LogP contribution in [-0.2, 0) is 0 Å². The molecule has 0 heteroatoms. The minimum absolute atomic E-state index is 0.940. The minimum Gasteiger partial charge on any atom is -0.0654 e. The number of hydrogen-bond donors (Lipinski definition) is 0. The molecule has 1 aliphatic carbocycles. The zero-order chi connectivity index (χ0) is 11.4. The fourth-order valence-corrected chi connectivity index (χ4v) is 3.38. The van der Waals surface area contributed by atoms with Crippen molar-refractivity contribution >= 4 is 0 Å². The summed E-state index contributed by atoms with van der Waals surface area (Å²) < 4.78 is 0. The Morgan fingerprint density at radius 1 is 1.20 bits per heavy atom. The molecule has 0 spiro atoms. The average Bonchev–Trinajstić information content (AvgIpc) is 2.24. The van der Waals surface area contributed by atoms with Crippen LogP contribution in [0, 0.1) is 29.6 Å². The van der Waals surface area contributed by atoms with E-state index in [1.165, 1.54) is 32.1 Å². The monoisotopic (exact) mass is 210 g/mol. The highest BCUT2D eigenvalue weighted by atomic mass is 14.5. The standard InChI is InChI=1S/C15H30/c1-6-8-9-11(3)12(4)15-10-14(7-2)13(15)5/h11-15H,6-10H2,1-5H3. The van der Waals surface area contributed by atoms with Crippen LogP contribution in [0.2, 0.25) is 0 Å². The summed E-state index contributed by atoms with van der Waals surface area (Å²) in [6.07, 6.45) is 7.12. The maximum Gasteiger partial charge on any atom is -0.0355 e. The Balaban J connectivity index is 2.31. The van der Waals surface area contributed by atoms with Crippen LogP contribution in [0.3, 0.4) is 0 Å². The first kappa shape index (κ1) is 13.1. The third-order valence-corrected chi connectivity index (χ3v) is 5.10. The molecule has 0 aliphatic heterocycles. The lowest BCUT2D eigenvalue weighted by atomic mass is 9.58. The Morgan fingerprint density at radius 3 is 2.33 bits per heavy atom. The van der Waals surface area contributed by atoms with Crippen molar-refractivity contribution in [2.45, 2.75) is 66.7 Å². The molecule has 5 unspecified atom stereocenters. The third kappa shape index (κ3) is 2.98. The minimum atomic E-state index is 0.940. The van der Waals surface area contributed by atoms with Gasteiger partial charge in [0.15, 0.2) is 0 Å². The molecule has 0 aromatic heterocycles. The van der Waals surface area contributed by atoms with E-state index in [4.69, 9.17) is 0 Å². The van der Waals surface area contributed by atoms with Gasteiger partial charge in [-0.1, -0.05) is 60.3 Å². The summed E-state index contributed by atoms with van der Waals surface area (Å²) in [7, 11) is 0. The quantitative estimate of drug-likeness (QED) is 0.570. The maximum atomic E-state index is 2.49. The Hall–Kier alpha value is 0. The van der Waals surface area contributed by atoms with Crippen molar-refractivity contribution in [1.82, 2.24) is 0 Å². The Labute approximate surface area is 96.8 Å². The van der Waals surface area contributed by atoms with Crippen molar-refractivity contribution in [2.24, 2.45) is 29.6 Å². The van der Waals surface area contributed by atoms with Crippen LogP contribution in [0.25, 0.3) is 0 Å². The van der Waals surface area contributed by atoms with Crippen LogP contribution in [0.4, 0.5) is 0 Å². The largest absolute Gasteiger partial charge is 0.0654 e. The van der Waals surface area contributed by atoms with Gasteiger partial charge in [-0.25, -0.2) is 0 Å². The highest BCUT2D eigenvalue weighted by Crippen LogP contribution is 2.48. The molecule has 1 fully saturated rings. The summed E-state index contributed by atoms with van der Waals surface area (Å²) in [6.45, 7) is 12.1. The molecule has 1 saturated carbocycles. The van der Waals surface area contributed by atoms with Gasteiger partial charge in [-0.3, -0.25) is 0 Å². The number of hydrogen-bond acceptors (Lipinski definition) is 0. The molecule has 0 heterocycles. The molecule has 0 aromatic rings. The molecule has 1 rings (SSSR count). The Kier molecular flexibility index (Phi) is 5.15. The summed E-state index contributed by atoms with van der Waals surface area (Å²) in [4.78, 5) is 0. The lowest BCUT2D eigenvalue weighted by Crippen LogP contribution is -2.40. The van der Waals surface area contributed by atoms with E-state index in [1.807, 2.05) is 0 Å². The van der Waals surface area contributed by atoms with E-state index in [1.54, 1.807) is 0 Å². The van der Waals surface area contributed by atoms with Gasteiger partial charge in [0.1, 0.15) is 0 Å². The lowest BCUT2D eigenvalue weighted by Gasteiger charge is -2.47. The van der Waals surface area contributed by atoms with Crippen LogP contribution in [-0.4, -0.2) is 0 Å². The summed E-state index contributed by atoms with van der Waals surface area (Å²) in [5, 5.41) is 0. The summed E-state index contributed by atoms with van der Waals surface area (Å²) in [6, 6.07) is 0. The van der Waals surface area contributed by atoms with E-state index >= 15 is 0 Å². The smallest absolute Gasteiger partial charge is 0.0355 e. The average molecular weight is 210 g/mol. The van der Waals surface area contributed by atoms with E-state index in [0.717, 1.165) is 29.6 Å². The first-order valence-electron chi connectivity index (χ1n) is 7.11. The fraction of sp³-hybridized carbons (Fsp3) is 1.00. The highest BCUT2D eigenvalue weighted by molar-refractivity contribution is 4.89. The molecule has 0 saturated heterocycles. The first-order valence-corrected chi connectivity index (χ1v) is 7.11. The van der Waals surface area contributed by atoms with Crippen molar-refractivity contribution in [3.63, 3.8) is 0 Å². The predicted molar refractivity (Wildman–Crippen MR) is 68.9 cm³/mol. The van der Waals surface area contributed by atoms with Crippen LogP contribution < -0.4 is 0 Å². The van der Waals surface area contributed by atoms with Gasteiger partial charge in [0.25, 0.3) is 0 Å². The summed E-state index contributed by atoms with van der Waals surface area (Å²) in [5.74, 6) is 4.95. The van der Waals surface area contributed by atoms with E-state index < -0.39 is 0 Å². The zero-order valence-electron chi connectivity index (χ0n) is 11.4. The van der Waals surface area contributed by atoms with Crippen molar-refractivity contribution < 1.29 is 0 Å². The first-order chi connectivity index (χ1) is 7.11. The van der Waals surface area contributed by atoms with Crippen molar-refractivity contribution in [1.29, 1.82) is 0 Å².